The fourth-order valence-corrected chi connectivity index (χ4v) is 4.82. The van der Waals surface area contributed by atoms with E-state index in [1.807, 2.05) is 27.7 Å². The third-order valence-electron chi connectivity index (χ3n) is 7.10. The number of carbonyl (C=O) groups is 4. The van der Waals surface area contributed by atoms with Crippen molar-refractivity contribution in [1.29, 1.82) is 0 Å². The number of amides is 6. The maximum atomic E-state index is 14.4. The van der Waals surface area contributed by atoms with E-state index in [9.17, 15) is 28.0 Å². The van der Waals surface area contributed by atoms with Crippen LogP contribution in [-0.2, 0) is 50.4 Å². The first-order valence-electron chi connectivity index (χ1n) is 13.4. The van der Waals surface area contributed by atoms with Gasteiger partial charge in [0, 0.05) is 77.5 Å². The Balaban J connectivity index is 0.000000230. The summed E-state index contributed by atoms with van der Waals surface area (Å²) >= 11 is 0. The van der Waals surface area contributed by atoms with Crippen LogP contribution in [-0.4, -0.2) is 47.2 Å². The van der Waals surface area contributed by atoms with Gasteiger partial charge < -0.3 is 20.4 Å². The molecule has 0 bridgehead atoms. The molecule has 2 aliphatic rings. The van der Waals surface area contributed by atoms with Gasteiger partial charge in [0.2, 0.25) is 11.8 Å². The topological polar surface area (TPSA) is 153 Å². The predicted molar refractivity (Wildman–Crippen MR) is 149 cm³/mol. The minimum Gasteiger partial charge on any atom is -0.573 e. The van der Waals surface area contributed by atoms with Gasteiger partial charge in [0.15, 0.2) is 0 Å². The largest absolute Gasteiger partial charge is 0.573 e. The Morgan fingerprint density at radius 1 is 0.750 bits per heavy atom. The zero-order chi connectivity index (χ0) is 30.3. The number of aromatic nitrogens is 4. The Hall–Kier alpha value is -3.56. The number of nitrogens with one attached hydrogen (secondary N) is 2. The first kappa shape index (κ1) is 34.9. The van der Waals surface area contributed by atoms with Gasteiger partial charge in [0.25, 0.3) is 0 Å². The number of halogens is 2. The third kappa shape index (κ3) is 6.74. The minimum atomic E-state index is -0.554. The maximum Gasteiger partial charge on any atom is 0.329 e. The Morgan fingerprint density at radius 3 is 1.80 bits per heavy atom. The van der Waals surface area contributed by atoms with E-state index in [0.717, 1.165) is 0 Å². The molecule has 4 heterocycles. The third-order valence-corrected chi connectivity index (χ3v) is 7.10. The van der Waals surface area contributed by atoms with Crippen molar-refractivity contribution in [3.05, 3.63) is 47.0 Å². The van der Waals surface area contributed by atoms with Crippen LogP contribution < -0.4 is 30.6 Å². The number of urea groups is 2. The summed E-state index contributed by atoms with van der Waals surface area (Å²) in [6, 6.07) is 5.29. The van der Waals surface area contributed by atoms with Crippen LogP contribution in [0.5, 0.6) is 0 Å². The van der Waals surface area contributed by atoms with E-state index in [1.54, 1.807) is 18.2 Å². The number of nitrogens with zero attached hydrogens (tertiary/aromatic N) is 6. The van der Waals surface area contributed by atoms with E-state index in [2.05, 4.69) is 31.0 Å². The van der Waals surface area contributed by atoms with E-state index < -0.39 is 17.9 Å². The normalized spacial score (nSPS) is 15.2. The minimum absolute atomic E-state index is 0. The van der Waals surface area contributed by atoms with Crippen LogP contribution in [0.2, 0.25) is 0 Å². The summed E-state index contributed by atoms with van der Waals surface area (Å²) in [7, 11) is 0. The van der Waals surface area contributed by atoms with Gasteiger partial charge in [0.1, 0.15) is 23.3 Å². The summed E-state index contributed by atoms with van der Waals surface area (Å²) in [6.07, 6.45) is 0.374. The van der Waals surface area contributed by atoms with Gasteiger partial charge >= 0.3 is 12.1 Å². The molecule has 2 N–H and O–H groups in total. The van der Waals surface area contributed by atoms with Gasteiger partial charge in [0.05, 0.1) is 0 Å². The molecule has 2 aromatic heterocycles. The van der Waals surface area contributed by atoms with Gasteiger partial charge in [-0.05, 0) is 29.0 Å². The second-order valence-electron chi connectivity index (χ2n) is 10.6. The fourth-order valence-electron chi connectivity index (χ4n) is 4.82. The SMILES string of the molecule is CC(C)c1cc2[n-]nc(N3CCC(=O)NC3=O)c2cc1F.CC(C)c1ccc2c(N3CCC(=O)NC3=O)n[n-]c2c1F.[Re].[Re]. The van der Waals surface area contributed by atoms with Crippen molar-refractivity contribution in [2.45, 2.75) is 52.4 Å². The first-order valence-corrected chi connectivity index (χ1v) is 13.4. The molecule has 2 radical (unpaired) electrons. The molecule has 2 saturated heterocycles. The molecular formula is C28H28F2N8O4Re2-2. The second-order valence-corrected chi connectivity index (χ2v) is 10.6. The van der Waals surface area contributed by atoms with Crippen molar-refractivity contribution < 1.29 is 68.8 Å². The van der Waals surface area contributed by atoms with Crippen molar-refractivity contribution in [3.63, 3.8) is 0 Å². The summed E-state index contributed by atoms with van der Waals surface area (Å²) < 4.78 is 28.5. The number of imide groups is 2. The number of rotatable bonds is 4. The van der Waals surface area contributed by atoms with E-state index >= 15 is 0 Å². The summed E-state index contributed by atoms with van der Waals surface area (Å²) in [5, 5.41) is 21.1. The van der Waals surface area contributed by atoms with E-state index in [1.165, 1.54) is 15.9 Å². The van der Waals surface area contributed by atoms with Crippen molar-refractivity contribution in [2.75, 3.05) is 22.9 Å². The van der Waals surface area contributed by atoms with Crippen LogP contribution in [0.25, 0.3) is 21.8 Å². The Morgan fingerprint density at radius 2 is 1.27 bits per heavy atom. The molecule has 0 atom stereocenters. The molecule has 16 heteroatoms. The Labute approximate surface area is 278 Å². The molecular weight excluding hydrogens is 923 g/mol. The summed E-state index contributed by atoms with van der Waals surface area (Å²) in [6.45, 7) is 8.00. The van der Waals surface area contributed by atoms with Crippen LogP contribution in [0.1, 0.15) is 63.5 Å². The van der Waals surface area contributed by atoms with Crippen LogP contribution in [0, 0.1) is 11.6 Å². The van der Waals surface area contributed by atoms with Gasteiger partial charge in [-0.3, -0.25) is 30.0 Å². The summed E-state index contributed by atoms with van der Waals surface area (Å²) in [5.41, 5.74) is 1.82. The Bertz CT molecular complexity index is 1690. The van der Waals surface area contributed by atoms with E-state index in [4.69, 9.17) is 0 Å². The zero-order valence-electron chi connectivity index (χ0n) is 24.1. The number of hydrogen-bond donors (Lipinski definition) is 2. The van der Waals surface area contributed by atoms with Crippen LogP contribution in [0.4, 0.5) is 30.0 Å². The van der Waals surface area contributed by atoms with Gasteiger partial charge in [-0.1, -0.05) is 51.4 Å². The Kier molecular flexibility index (Phi) is 11.1. The molecule has 0 unspecified atom stereocenters. The predicted octanol–water partition coefficient (Wildman–Crippen LogP) is 3.80. The van der Waals surface area contributed by atoms with Crippen molar-refractivity contribution in [2.24, 2.45) is 0 Å². The van der Waals surface area contributed by atoms with E-state index in [-0.39, 0.29) is 113 Å². The second kappa shape index (κ2) is 14.0. The quantitative estimate of drug-likeness (QED) is 0.314. The summed E-state index contributed by atoms with van der Waals surface area (Å²) in [5.74, 6) is -0.775. The smallest absolute Gasteiger partial charge is 0.329 e. The van der Waals surface area contributed by atoms with E-state index in [0.29, 0.717) is 27.4 Å². The van der Waals surface area contributed by atoms with Crippen molar-refractivity contribution in [1.82, 2.24) is 31.0 Å². The first-order chi connectivity index (χ1) is 20.0. The van der Waals surface area contributed by atoms with Gasteiger partial charge in [-0.2, -0.15) is 0 Å². The molecule has 44 heavy (non-hydrogen) atoms. The number of carbonyl (C=O) groups excluding carboxylic acids is 4. The molecule has 0 aliphatic carbocycles. The molecule has 2 aliphatic heterocycles. The van der Waals surface area contributed by atoms with Crippen LogP contribution in [0.15, 0.2) is 24.3 Å². The molecule has 0 spiro atoms. The average Bonchev–Trinajstić information content (AvgIpc) is 3.53. The molecule has 234 valence electrons. The zero-order valence-corrected chi connectivity index (χ0v) is 29.6. The standard InChI is InChI=1S/2C14H15FN4O2.2Re/c1-7(2)8-6-11-9(5-10(8)15)13(18-17-11)19-4-3-12(20)16-14(19)21;1-7(2)8-3-4-9-12(11(8)15)17-18-13(9)19-6-5-10(20)16-14(19)21;;/h5-7H,3-4H2,1-2H3,(H2,16,17,18,20,21);3-4,7H,5-6H2,1-2H3,(H2,16,17,18,20,21);;/p-2. The molecule has 4 aromatic rings. The number of fused-ring (bicyclic) bond motifs is 2. The van der Waals surface area contributed by atoms with Crippen LogP contribution >= 0.6 is 0 Å². The van der Waals surface area contributed by atoms with Gasteiger partial charge in [-0.25, -0.2) is 18.4 Å². The summed E-state index contributed by atoms with van der Waals surface area (Å²) in [4.78, 5) is 48.6. The van der Waals surface area contributed by atoms with Gasteiger partial charge in [-0.15, -0.1) is 5.52 Å². The maximum absolute atomic E-state index is 14.4. The number of benzene rings is 2. The molecule has 6 amide bonds. The van der Waals surface area contributed by atoms with Crippen LogP contribution in [0.3, 0.4) is 0 Å². The molecule has 2 fully saturated rings. The molecule has 0 saturated carbocycles. The number of anilines is 2. The fraction of sp³-hybridized carbons (Fsp3) is 0.357. The van der Waals surface area contributed by atoms with Crippen molar-refractivity contribution in [3.8, 4) is 0 Å². The van der Waals surface area contributed by atoms with Crippen molar-refractivity contribution >= 4 is 57.3 Å². The number of hydrogen-bond acceptors (Lipinski definition) is 6. The molecule has 6 rings (SSSR count). The monoisotopic (exact) mass is 952 g/mol. The molecule has 2 aromatic carbocycles. The molecule has 12 nitrogen and oxygen atoms in total. The average molecular weight is 951 g/mol.